The topological polar surface area (TPSA) is 54.0 Å². The highest BCUT2D eigenvalue weighted by Crippen LogP contribution is 2.29. The third kappa shape index (κ3) is 4.28. The number of fused-ring (bicyclic) bond motifs is 1. The van der Waals surface area contributed by atoms with Crippen LogP contribution in [0.3, 0.4) is 0 Å². The van der Waals surface area contributed by atoms with Gasteiger partial charge in [-0.25, -0.2) is 4.79 Å². The minimum Gasteiger partial charge on any atom is -0.494 e. The van der Waals surface area contributed by atoms with Crippen molar-refractivity contribution in [3.8, 4) is 5.75 Å². The molecule has 1 unspecified atom stereocenters. The molecule has 3 atom stereocenters. The molecule has 0 aliphatic carbocycles. The first-order chi connectivity index (χ1) is 11.8. The Morgan fingerprint density at radius 3 is 2.79 bits per heavy atom. The summed E-state index contributed by atoms with van der Waals surface area (Å²) < 4.78 is 22.4. The lowest BCUT2D eigenvalue weighted by Gasteiger charge is -2.16. The zero-order valence-corrected chi connectivity index (χ0v) is 14.2. The van der Waals surface area contributed by atoms with E-state index in [1.807, 2.05) is 12.1 Å². The van der Waals surface area contributed by atoms with Crippen molar-refractivity contribution in [3.63, 3.8) is 0 Å². The Bertz CT molecular complexity index is 527. The molecule has 2 fully saturated rings. The molecule has 1 aromatic carbocycles. The van der Waals surface area contributed by atoms with Crippen molar-refractivity contribution in [1.29, 1.82) is 0 Å². The van der Waals surface area contributed by atoms with Gasteiger partial charge in [-0.1, -0.05) is 26.2 Å². The molecule has 0 bridgehead atoms. The minimum absolute atomic E-state index is 0.0753. The maximum Gasteiger partial charge on any atom is 0.338 e. The number of hydrogen-bond donors (Lipinski definition) is 0. The summed E-state index contributed by atoms with van der Waals surface area (Å²) in [7, 11) is 0. The third-order valence-corrected chi connectivity index (χ3v) is 4.54. The van der Waals surface area contributed by atoms with Gasteiger partial charge in [0, 0.05) is 6.61 Å². The van der Waals surface area contributed by atoms with E-state index in [0.29, 0.717) is 25.4 Å². The van der Waals surface area contributed by atoms with Gasteiger partial charge in [0.1, 0.15) is 11.9 Å². The molecule has 5 heteroatoms. The fourth-order valence-electron chi connectivity index (χ4n) is 3.14. The lowest BCUT2D eigenvalue weighted by Crippen LogP contribution is -2.32. The predicted octanol–water partition coefficient (Wildman–Crippen LogP) is 3.36. The number of ether oxygens (including phenoxy) is 4. The van der Waals surface area contributed by atoms with Crippen LogP contribution in [0.2, 0.25) is 0 Å². The van der Waals surface area contributed by atoms with Gasteiger partial charge in [-0.2, -0.15) is 0 Å². The van der Waals surface area contributed by atoms with Gasteiger partial charge < -0.3 is 18.9 Å². The van der Waals surface area contributed by atoms with Crippen LogP contribution in [0.5, 0.6) is 5.75 Å². The highest BCUT2D eigenvalue weighted by atomic mass is 16.6. The Hall–Kier alpha value is -1.59. The van der Waals surface area contributed by atoms with E-state index in [9.17, 15) is 4.79 Å². The van der Waals surface area contributed by atoms with Crippen LogP contribution >= 0.6 is 0 Å². The van der Waals surface area contributed by atoms with Crippen molar-refractivity contribution < 1.29 is 23.7 Å². The molecule has 0 amide bonds. The first kappa shape index (κ1) is 17.2. The van der Waals surface area contributed by atoms with E-state index >= 15 is 0 Å². The van der Waals surface area contributed by atoms with E-state index in [0.717, 1.165) is 18.6 Å². The number of esters is 1. The van der Waals surface area contributed by atoms with Crippen LogP contribution in [0.25, 0.3) is 0 Å². The predicted molar refractivity (Wildman–Crippen MR) is 89.4 cm³/mol. The molecule has 0 radical (unpaired) electrons. The van der Waals surface area contributed by atoms with E-state index < -0.39 is 0 Å². The Morgan fingerprint density at radius 1 is 1.17 bits per heavy atom. The van der Waals surface area contributed by atoms with E-state index in [1.54, 1.807) is 12.1 Å². The van der Waals surface area contributed by atoms with Crippen LogP contribution in [0.1, 0.15) is 49.4 Å². The van der Waals surface area contributed by atoms with Crippen molar-refractivity contribution in [1.82, 2.24) is 0 Å². The molecule has 5 nitrogen and oxygen atoms in total. The number of carbonyl (C=O) groups excluding carboxylic acids is 1. The van der Waals surface area contributed by atoms with Gasteiger partial charge >= 0.3 is 5.97 Å². The maximum atomic E-state index is 12.3. The van der Waals surface area contributed by atoms with E-state index in [4.69, 9.17) is 18.9 Å². The average Bonchev–Trinajstić information content (AvgIpc) is 3.20. The fraction of sp³-hybridized carbons (Fsp3) is 0.632. The second-order valence-electron chi connectivity index (χ2n) is 6.37. The van der Waals surface area contributed by atoms with Crippen molar-refractivity contribution in [2.24, 2.45) is 0 Å². The largest absolute Gasteiger partial charge is 0.494 e. The molecule has 0 saturated carbocycles. The molecule has 1 aromatic rings. The van der Waals surface area contributed by atoms with E-state index in [1.165, 1.54) is 19.3 Å². The summed E-state index contributed by atoms with van der Waals surface area (Å²) in [6.07, 6.45) is 5.24. The van der Waals surface area contributed by atoms with Crippen molar-refractivity contribution in [2.45, 2.75) is 57.3 Å². The highest BCUT2D eigenvalue weighted by Gasteiger charge is 2.44. The Labute approximate surface area is 143 Å². The van der Waals surface area contributed by atoms with Crippen molar-refractivity contribution >= 4 is 5.97 Å². The summed E-state index contributed by atoms with van der Waals surface area (Å²) in [6, 6.07) is 7.12. The van der Waals surface area contributed by atoms with Crippen molar-refractivity contribution in [2.75, 3.05) is 19.8 Å². The Morgan fingerprint density at radius 2 is 2.00 bits per heavy atom. The van der Waals surface area contributed by atoms with Crippen LogP contribution < -0.4 is 4.74 Å². The van der Waals surface area contributed by atoms with Gasteiger partial charge in [0.05, 0.1) is 24.9 Å². The number of rotatable bonds is 8. The van der Waals surface area contributed by atoms with Crippen LogP contribution in [0.15, 0.2) is 24.3 Å². The monoisotopic (exact) mass is 334 g/mol. The van der Waals surface area contributed by atoms with Gasteiger partial charge in [-0.15, -0.1) is 0 Å². The number of carbonyl (C=O) groups is 1. The molecule has 132 valence electrons. The Kier molecular flexibility index (Phi) is 6.10. The summed E-state index contributed by atoms with van der Waals surface area (Å²) >= 11 is 0. The SMILES string of the molecule is CCCCCCOc1ccc(C(=O)OC2CO[C@@H]3CCO[C@H]23)cc1. The standard InChI is InChI=1S/C19H26O5/c1-2-3-4-5-11-21-15-8-6-14(7-9-15)19(20)24-17-13-23-16-10-12-22-18(16)17/h6-9,16-18H,2-5,10-13H2,1H3/t16-,17?,18+/m1/s1. The van der Waals surface area contributed by atoms with Crippen LogP contribution in [0.4, 0.5) is 0 Å². The van der Waals surface area contributed by atoms with Gasteiger partial charge in [0.2, 0.25) is 0 Å². The molecule has 0 N–H and O–H groups in total. The molecule has 2 saturated heterocycles. The smallest absolute Gasteiger partial charge is 0.338 e. The molecule has 0 spiro atoms. The first-order valence-corrected chi connectivity index (χ1v) is 8.95. The molecular weight excluding hydrogens is 308 g/mol. The van der Waals surface area contributed by atoms with Crippen LogP contribution in [-0.2, 0) is 14.2 Å². The fourth-order valence-corrected chi connectivity index (χ4v) is 3.14. The normalized spacial score (nSPS) is 25.5. The molecular formula is C19H26O5. The molecule has 2 aliphatic heterocycles. The average molecular weight is 334 g/mol. The molecule has 3 rings (SSSR count). The second kappa shape index (κ2) is 8.49. The quantitative estimate of drug-likeness (QED) is 0.539. The summed E-state index contributed by atoms with van der Waals surface area (Å²) in [4.78, 5) is 12.3. The van der Waals surface area contributed by atoms with Gasteiger partial charge in [0.15, 0.2) is 6.10 Å². The van der Waals surface area contributed by atoms with E-state index in [-0.39, 0.29) is 24.3 Å². The lowest BCUT2D eigenvalue weighted by molar-refractivity contribution is -0.0148. The maximum absolute atomic E-state index is 12.3. The summed E-state index contributed by atoms with van der Waals surface area (Å²) in [6.45, 7) is 3.99. The van der Waals surface area contributed by atoms with E-state index in [2.05, 4.69) is 6.92 Å². The zero-order valence-electron chi connectivity index (χ0n) is 14.2. The number of hydrogen-bond acceptors (Lipinski definition) is 5. The van der Waals surface area contributed by atoms with Gasteiger partial charge in [-0.05, 0) is 37.1 Å². The van der Waals surface area contributed by atoms with Crippen LogP contribution in [0, 0.1) is 0 Å². The molecule has 24 heavy (non-hydrogen) atoms. The first-order valence-electron chi connectivity index (χ1n) is 8.95. The van der Waals surface area contributed by atoms with Crippen molar-refractivity contribution in [3.05, 3.63) is 29.8 Å². The highest BCUT2D eigenvalue weighted by molar-refractivity contribution is 5.89. The van der Waals surface area contributed by atoms with Crippen LogP contribution in [-0.4, -0.2) is 44.1 Å². The number of unbranched alkanes of at least 4 members (excludes halogenated alkanes) is 3. The Balaban J connectivity index is 1.45. The molecule has 0 aromatic heterocycles. The lowest BCUT2D eigenvalue weighted by atomic mass is 10.1. The zero-order chi connectivity index (χ0) is 16.8. The summed E-state index contributed by atoms with van der Waals surface area (Å²) in [5.41, 5.74) is 0.523. The number of benzene rings is 1. The third-order valence-electron chi connectivity index (χ3n) is 4.54. The molecule has 2 heterocycles. The summed E-state index contributed by atoms with van der Waals surface area (Å²) in [5, 5.41) is 0. The van der Waals surface area contributed by atoms with Gasteiger partial charge in [0.25, 0.3) is 0 Å². The second-order valence-corrected chi connectivity index (χ2v) is 6.37. The minimum atomic E-state index is -0.339. The summed E-state index contributed by atoms with van der Waals surface area (Å²) in [5.74, 6) is 0.445. The molecule has 2 aliphatic rings. The van der Waals surface area contributed by atoms with Gasteiger partial charge in [-0.3, -0.25) is 0 Å².